The molecule has 17 heteroatoms. The minimum absolute atomic E-state index is 0.101. The zero-order valence-corrected chi connectivity index (χ0v) is 83.9. The first-order chi connectivity index (χ1) is 63.4. The fourth-order valence-electron chi connectivity index (χ4n) is 20.4. The first-order valence-electron chi connectivity index (χ1n) is 51.6. The minimum atomic E-state index is -1.15. The first-order valence-corrected chi connectivity index (χ1v) is 55.8. The Morgan fingerprint density at radius 3 is 0.806 bits per heavy atom. The van der Waals surface area contributed by atoms with Crippen LogP contribution in [0.1, 0.15) is 387 Å². The normalized spacial score (nSPS) is 15.8. The van der Waals surface area contributed by atoms with Crippen molar-refractivity contribution >= 4 is 97.2 Å². The number of aliphatic hydroxyl groups excluding tert-OH is 1. The van der Waals surface area contributed by atoms with Gasteiger partial charge in [0.05, 0.1) is 47.6 Å². The van der Waals surface area contributed by atoms with E-state index in [1.165, 1.54) is 180 Å². The summed E-state index contributed by atoms with van der Waals surface area (Å²) in [5.74, 6) is 5.47. The summed E-state index contributed by atoms with van der Waals surface area (Å²) in [5, 5.41) is 18.0. The Labute approximate surface area is 795 Å². The lowest BCUT2D eigenvalue weighted by Gasteiger charge is -2.32. The molecule has 5 atom stereocenters. The largest absolute Gasteiger partial charge is 0.454 e. The number of hydrogen-bond donors (Lipinski definition) is 1. The molecule has 0 aromatic carbocycles. The Kier molecular flexibility index (Phi) is 40.3. The Balaban J connectivity index is 0.898. The third kappa shape index (κ3) is 26.4. The van der Waals surface area contributed by atoms with Gasteiger partial charge in [0, 0.05) is 51.3 Å². The van der Waals surface area contributed by atoms with Crippen LogP contribution < -0.4 is 0 Å². The molecular formula is C112H154N4O8S5. The number of amides is 3. The Morgan fingerprint density at radius 2 is 0.504 bits per heavy atom. The van der Waals surface area contributed by atoms with E-state index in [1.54, 1.807) is 56.7 Å². The van der Waals surface area contributed by atoms with Gasteiger partial charge in [-0.1, -0.05) is 324 Å². The molecule has 9 aromatic rings. The lowest BCUT2D eigenvalue weighted by molar-refractivity contribution is -0.124. The molecule has 1 N–H and O–H groups in total. The second-order valence-corrected chi connectivity index (χ2v) is 43.0. The van der Waals surface area contributed by atoms with Crippen molar-refractivity contribution in [1.82, 2.24) is 19.6 Å². The van der Waals surface area contributed by atoms with Crippen LogP contribution >= 0.6 is 56.7 Å². The third-order valence-corrected chi connectivity index (χ3v) is 33.1. The van der Waals surface area contributed by atoms with Crippen LogP contribution in [0.2, 0.25) is 0 Å². The summed E-state index contributed by atoms with van der Waals surface area (Å²) in [4.78, 5) is 66.3. The molecular weight excluding hydrogens is 1690 g/mol. The highest BCUT2D eigenvalue weighted by molar-refractivity contribution is 7.23. The molecule has 700 valence electrons. The molecule has 3 amide bonds. The summed E-state index contributed by atoms with van der Waals surface area (Å²) >= 11 is 8.45. The van der Waals surface area contributed by atoms with Crippen molar-refractivity contribution in [2.24, 2.45) is 23.7 Å². The number of hydrogen-bond acceptors (Lipinski definition) is 14. The minimum Gasteiger partial charge on any atom is -0.454 e. The third-order valence-electron chi connectivity index (χ3n) is 27.7. The van der Waals surface area contributed by atoms with Gasteiger partial charge in [-0.3, -0.25) is 14.4 Å². The van der Waals surface area contributed by atoms with E-state index < -0.39 is 6.23 Å². The molecule has 13 rings (SSSR count). The maximum absolute atomic E-state index is 16.6. The molecule has 0 aliphatic carbocycles. The standard InChI is InChI=1S/C112H154N4O8S5/c1-9-17-25-33-37-45-55-81(51-41-29-21-13-5)77-113-105(101-103(111(113)119)107(91-67-63-87(123-91)95-71-73-99(128-95)97-59-49-75-125-97)115(109(101)117)79-83(53-43-31-23-15-7)57-47-39-35-27-19-11-3)89-65-61-85(121-89)93-69-70-94(127-93)86-62-66-90(122-86)106-102-104(112(120)114(106)78-82(52-42-30-22-14-6)56-46-38-34-26-18-10-2)108(92-68-64-88(124-92)96-72-74-100(129-96)98-60-50-76-126-98)116(110(102)118)80-84(54-44-32-24-16-8)58-48-40-36-28-20-12-4/h49-50,59-76,81-84,111,119H,9-48,51-58,77-80H2,1-8H3. The molecule has 4 aliphatic heterocycles. The summed E-state index contributed by atoms with van der Waals surface area (Å²) in [6.07, 6.45) is 54.3. The zero-order chi connectivity index (χ0) is 90.1. The fraction of sp³-hybridized carbons (Fsp3) is 0.580. The Bertz CT molecular complexity index is 4980. The van der Waals surface area contributed by atoms with E-state index >= 15 is 14.4 Å². The van der Waals surface area contributed by atoms with E-state index in [9.17, 15) is 5.11 Å². The second kappa shape index (κ2) is 52.4. The number of thiophene rings is 5. The number of rotatable bonds is 66. The predicted molar refractivity (Wildman–Crippen MR) is 547 cm³/mol. The summed E-state index contributed by atoms with van der Waals surface area (Å²) in [6.45, 7) is 20.3. The SMILES string of the molecule is CCCCCCCCC(CCCCCC)CN1C(=O)C2=C(c3ccc(-c4ccc(-c5cccs5)s4)o3)N(CC(CCCCCC)CCCCCCCC)C(=O)C2=C1c1ccc(-c2ccc(-c3ccc(C4=C5C(=O)N(CC(CCCCCC)CCCCCCCC)C(c6ccc(-c7ccc(-c8cccs8)s7)o6)=C5C(O)N4CC(CCCCCC)CCCCCCCC)o3)s2)o1. The van der Waals surface area contributed by atoms with Gasteiger partial charge in [-0.15, -0.1) is 56.7 Å². The molecule has 9 aromatic heterocycles. The van der Waals surface area contributed by atoms with E-state index in [0.717, 1.165) is 179 Å². The van der Waals surface area contributed by atoms with Crippen molar-refractivity contribution in [3.8, 4) is 62.1 Å². The number of furan rings is 4. The highest BCUT2D eigenvalue weighted by atomic mass is 32.1. The lowest BCUT2D eigenvalue weighted by Crippen LogP contribution is -2.37. The second-order valence-electron chi connectivity index (χ2n) is 37.9. The predicted octanol–water partition coefficient (Wildman–Crippen LogP) is 35.1. The van der Waals surface area contributed by atoms with Crippen molar-refractivity contribution < 1.29 is 37.2 Å². The van der Waals surface area contributed by atoms with Gasteiger partial charge in [0.2, 0.25) is 0 Å². The van der Waals surface area contributed by atoms with Crippen molar-refractivity contribution in [3.05, 3.63) is 165 Å². The van der Waals surface area contributed by atoms with Crippen molar-refractivity contribution in [3.63, 3.8) is 0 Å². The van der Waals surface area contributed by atoms with Crippen LogP contribution in [0.4, 0.5) is 0 Å². The van der Waals surface area contributed by atoms with Gasteiger partial charge in [0.15, 0.2) is 29.3 Å². The van der Waals surface area contributed by atoms with Crippen LogP contribution in [-0.2, 0) is 14.4 Å². The molecule has 0 spiro atoms. The van der Waals surface area contributed by atoms with E-state index in [1.807, 2.05) is 57.2 Å². The van der Waals surface area contributed by atoms with Crippen LogP contribution in [0.3, 0.4) is 0 Å². The number of carbonyl (C=O) groups excluding carboxylic acids is 3. The van der Waals surface area contributed by atoms with Gasteiger partial charge >= 0.3 is 0 Å². The monoisotopic (exact) mass is 1840 g/mol. The van der Waals surface area contributed by atoms with E-state index in [4.69, 9.17) is 17.7 Å². The molecule has 0 saturated carbocycles. The van der Waals surface area contributed by atoms with Crippen LogP contribution in [0.5, 0.6) is 0 Å². The average Bonchev–Trinajstić information content (AvgIpc) is 1.55. The van der Waals surface area contributed by atoms with Gasteiger partial charge in [-0.05, 0) is 183 Å². The highest BCUT2D eigenvalue weighted by Crippen LogP contribution is 2.54. The maximum Gasteiger partial charge on any atom is 0.261 e. The molecule has 5 unspecified atom stereocenters. The van der Waals surface area contributed by atoms with Crippen LogP contribution in [0.15, 0.2) is 160 Å². The van der Waals surface area contributed by atoms with Crippen molar-refractivity contribution in [2.75, 3.05) is 26.2 Å². The fourth-order valence-corrected chi connectivity index (χ4v) is 24.9. The van der Waals surface area contributed by atoms with Crippen LogP contribution in [0, 0.1) is 23.7 Å². The summed E-state index contributed by atoms with van der Waals surface area (Å²) in [5.41, 5.74) is 4.44. The molecule has 4 aliphatic rings. The molecule has 0 saturated heterocycles. The molecule has 129 heavy (non-hydrogen) atoms. The van der Waals surface area contributed by atoms with E-state index in [2.05, 4.69) is 138 Å². The summed E-state index contributed by atoms with van der Waals surface area (Å²) in [6, 6.07) is 37.6. The zero-order valence-electron chi connectivity index (χ0n) is 79.8. The van der Waals surface area contributed by atoms with Gasteiger partial charge in [0.25, 0.3) is 17.7 Å². The van der Waals surface area contributed by atoms with E-state index in [-0.39, 0.29) is 41.4 Å². The topological polar surface area (TPSA) is 137 Å². The summed E-state index contributed by atoms with van der Waals surface area (Å²) < 4.78 is 28.9. The average molecular weight is 1840 g/mol. The summed E-state index contributed by atoms with van der Waals surface area (Å²) in [7, 11) is 0. The number of unbranched alkanes of at least 4 members (excludes halogenated alkanes) is 32. The molecule has 0 fully saturated rings. The molecule has 0 bridgehead atoms. The number of carbonyl (C=O) groups is 3. The Hall–Kier alpha value is -7.25. The van der Waals surface area contributed by atoms with Crippen molar-refractivity contribution in [1.29, 1.82) is 0 Å². The molecule has 12 nitrogen and oxygen atoms in total. The van der Waals surface area contributed by atoms with Crippen LogP contribution in [0.25, 0.3) is 84.8 Å². The molecule has 0 radical (unpaired) electrons. The highest BCUT2D eigenvalue weighted by Gasteiger charge is 2.53. The van der Waals surface area contributed by atoms with Gasteiger partial charge < -0.3 is 42.4 Å². The lowest BCUT2D eigenvalue weighted by atomic mass is 9.93. The number of aliphatic hydroxyl groups is 1. The first kappa shape index (κ1) is 99.2. The Morgan fingerprint density at radius 1 is 0.264 bits per heavy atom. The quantitative estimate of drug-likeness (QED) is 0.0369. The number of fused-ring (bicyclic) bond motifs is 2. The number of nitrogens with zero attached hydrogens (tertiary/aromatic N) is 4. The molecule has 13 heterocycles. The van der Waals surface area contributed by atoms with Gasteiger partial charge in [-0.2, -0.15) is 0 Å². The van der Waals surface area contributed by atoms with Crippen LogP contribution in [-0.4, -0.2) is 74.8 Å². The van der Waals surface area contributed by atoms with Gasteiger partial charge in [0.1, 0.15) is 34.4 Å². The maximum atomic E-state index is 16.6. The van der Waals surface area contributed by atoms with E-state index in [0.29, 0.717) is 106 Å². The smallest absolute Gasteiger partial charge is 0.261 e. The van der Waals surface area contributed by atoms with Gasteiger partial charge in [-0.25, -0.2) is 0 Å². The van der Waals surface area contributed by atoms with Crippen molar-refractivity contribution in [2.45, 2.75) is 370 Å².